The molecule has 0 saturated carbocycles. The van der Waals surface area contributed by atoms with Crippen LogP contribution in [0.3, 0.4) is 0 Å². The number of ether oxygens (including phenoxy) is 3. The largest absolute Gasteiger partial charge is 0.457 e. The lowest BCUT2D eigenvalue weighted by Crippen LogP contribution is -2.05. The minimum absolute atomic E-state index is 0.242. The van der Waals surface area contributed by atoms with Gasteiger partial charge in [0, 0.05) is 6.07 Å². The summed E-state index contributed by atoms with van der Waals surface area (Å²) in [5.41, 5.74) is 2.60. The van der Waals surface area contributed by atoms with Crippen LogP contribution in [0.25, 0.3) is 0 Å². The normalized spacial score (nSPS) is 10.4. The molecule has 0 aliphatic heterocycles. The number of hydrogen-bond donors (Lipinski definition) is 0. The van der Waals surface area contributed by atoms with Crippen molar-refractivity contribution in [3.05, 3.63) is 120 Å². The molecule has 0 aliphatic rings. The highest BCUT2D eigenvalue weighted by atomic mass is 16.5. The van der Waals surface area contributed by atoms with Crippen molar-refractivity contribution in [2.24, 2.45) is 0 Å². The van der Waals surface area contributed by atoms with E-state index in [0.717, 1.165) is 11.3 Å². The molecule has 0 radical (unpaired) electrons. The minimum Gasteiger partial charge on any atom is -0.457 e. The van der Waals surface area contributed by atoms with Gasteiger partial charge in [-0.3, -0.25) is 0 Å². The van der Waals surface area contributed by atoms with Crippen molar-refractivity contribution >= 4 is 5.97 Å². The molecule has 31 heavy (non-hydrogen) atoms. The Labute approximate surface area is 181 Å². The molecule has 0 spiro atoms. The van der Waals surface area contributed by atoms with Gasteiger partial charge in [0.15, 0.2) is 0 Å². The Morgan fingerprint density at radius 3 is 1.84 bits per heavy atom. The van der Waals surface area contributed by atoms with Crippen LogP contribution < -0.4 is 9.47 Å². The molecule has 0 aliphatic carbocycles. The van der Waals surface area contributed by atoms with Gasteiger partial charge < -0.3 is 14.2 Å². The second kappa shape index (κ2) is 9.63. The third kappa shape index (κ3) is 5.73. The van der Waals surface area contributed by atoms with E-state index in [4.69, 9.17) is 14.2 Å². The molecule has 4 rings (SSSR count). The average molecular weight is 410 g/mol. The molecule has 4 aromatic rings. The van der Waals surface area contributed by atoms with E-state index in [1.807, 2.05) is 85.8 Å². The third-order valence-electron chi connectivity index (χ3n) is 4.60. The molecule has 4 heteroatoms. The maximum absolute atomic E-state index is 12.2. The number of rotatable bonds is 7. The number of hydrogen-bond acceptors (Lipinski definition) is 4. The van der Waals surface area contributed by atoms with E-state index in [1.54, 1.807) is 24.3 Å². The summed E-state index contributed by atoms with van der Waals surface area (Å²) in [5, 5.41) is 0. The fourth-order valence-electron chi connectivity index (χ4n) is 2.95. The van der Waals surface area contributed by atoms with Crippen LogP contribution in [0.2, 0.25) is 0 Å². The molecule has 4 aromatic carbocycles. The van der Waals surface area contributed by atoms with E-state index in [1.165, 1.54) is 5.56 Å². The van der Waals surface area contributed by atoms with E-state index >= 15 is 0 Å². The Morgan fingerprint density at radius 2 is 1.23 bits per heavy atom. The SMILES string of the molecule is Cc1ccc(Oc2cccc(Oc3ccc(C(=O)OCc4ccccc4)cc3)c2)cc1. The molecule has 0 atom stereocenters. The maximum Gasteiger partial charge on any atom is 0.338 e. The zero-order valence-corrected chi connectivity index (χ0v) is 17.2. The first-order valence-corrected chi connectivity index (χ1v) is 9.99. The summed E-state index contributed by atoms with van der Waals surface area (Å²) < 4.78 is 17.1. The van der Waals surface area contributed by atoms with Crippen LogP contribution in [0.5, 0.6) is 23.0 Å². The summed E-state index contributed by atoms with van der Waals surface area (Å²) in [6, 6.07) is 31.7. The predicted octanol–water partition coefficient (Wildman–Crippen LogP) is 6.94. The van der Waals surface area contributed by atoms with Crippen LogP contribution in [0.4, 0.5) is 0 Å². The number of aryl methyl sites for hydroxylation is 1. The van der Waals surface area contributed by atoms with Crippen LogP contribution in [0.15, 0.2) is 103 Å². The number of carbonyl (C=O) groups is 1. The summed E-state index contributed by atoms with van der Waals surface area (Å²) in [7, 11) is 0. The first-order chi connectivity index (χ1) is 15.2. The summed E-state index contributed by atoms with van der Waals surface area (Å²) in [5.74, 6) is 2.34. The van der Waals surface area contributed by atoms with Gasteiger partial charge in [-0.05, 0) is 61.0 Å². The summed E-state index contributed by atoms with van der Waals surface area (Å²) in [6.45, 7) is 2.28. The van der Waals surface area contributed by atoms with Crippen molar-refractivity contribution in [2.45, 2.75) is 13.5 Å². The van der Waals surface area contributed by atoms with E-state index in [2.05, 4.69) is 0 Å². The standard InChI is InChI=1S/C27H22O4/c1-20-10-14-23(15-11-20)30-25-8-5-9-26(18-25)31-24-16-12-22(13-17-24)27(28)29-19-21-6-3-2-4-7-21/h2-18H,19H2,1H3. The van der Waals surface area contributed by atoms with Gasteiger partial charge in [-0.2, -0.15) is 0 Å². The van der Waals surface area contributed by atoms with E-state index < -0.39 is 0 Å². The Balaban J connectivity index is 1.36. The Morgan fingerprint density at radius 1 is 0.645 bits per heavy atom. The molecular formula is C27H22O4. The third-order valence-corrected chi connectivity index (χ3v) is 4.60. The van der Waals surface area contributed by atoms with Crippen LogP contribution in [0.1, 0.15) is 21.5 Å². The first-order valence-electron chi connectivity index (χ1n) is 9.99. The highest BCUT2D eigenvalue weighted by molar-refractivity contribution is 5.89. The fourth-order valence-corrected chi connectivity index (χ4v) is 2.95. The summed E-state index contributed by atoms with van der Waals surface area (Å²) >= 11 is 0. The highest BCUT2D eigenvalue weighted by Gasteiger charge is 2.08. The van der Waals surface area contributed by atoms with Gasteiger partial charge in [0.1, 0.15) is 29.6 Å². The maximum atomic E-state index is 12.2. The van der Waals surface area contributed by atoms with Crippen molar-refractivity contribution < 1.29 is 19.0 Å². The molecule has 154 valence electrons. The van der Waals surface area contributed by atoms with Gasteiger partial charge in [0.2, 0.25) is 0 Å². The van der Waals surface area contributed by atoms with Crippen LogP contribution >= 0.6 is 0 Å². The number of esters is 1. The summed E-state index contributed by atoms with van der Waals surface area (Å²) in [4.78, 5) is 12.2. The molecule has 0 fully saturated rings. The minimum atomic E-state index is -0.371. The smallest absolute Gasteiger partial charge is 0.338 e. The molecule has 4 nitrogen and oxygen atoms in total. The monoisotopic (exact) mass is 410 g/mol. The highest BCUT2D eigenvalue weighted by Crippen LogP contribution is 2.28. The van der Waals surface area contributed by atoms with Gasteiger partial charge in [0.25, 0.3) is 0 Å². The molecule has 0 saturated heterocycles. The lowest BCUT2D eigenvalue weighted by molar-refractivity contribution is 0.0472. The van der Waals surface area contributed by atoms with Gasteiger partial charge in [-0.25, -0.2) is 4.79 Å². The van der Waals surface area contributed by atoms with E-state index in [-0.39, 0.29) is 12.6 Å². The van der Waals surface area contributed by atoms with Crippen molar-refractivity contribution in [1.82, 2.24) is 0 Å². The van der Waals surface area contributed by atoms with Gasteiger partial charge in [0.05, 0.1) is 5.56 Å². The predicted molar refractivity (Wildman–Crippen MR) is 120 cm³/mol. The van der Waals surface area contributed by atoms with Gasteiger partial charge in [-0.15, -0.1) is 0 Å². The fraction of sp³-hybridized carbons (Fsp3) is 0.0741. The first kappa shape index (κ1) is 20.2. The lowest BCUT2D eigenvalue weighted by Gasteiger charge is -2.10. The zero-order chi connectivity index (χ0) is 21.5. The molecule has 0 bridgehead atoms. The van der Waals surface area contributed by atoms with Crippen molar-refractivity contribution in [2.75, 3.05) is 0 Å². The summed E-state index contributed by atoms with van der Waals surface area (Å²) in [6.07, 6.45) is 0. The topological polar surface area (TPSA) is 44.8 Å². The van der Waals surface area contributed by atoms with E-state index in [0.29, 0.717) is 22.8 Å². The molecule has 0 amide bonds. The molecule has 0 aromatic heterocycles. The zero-order valence-electron chi connectivity index (χ0n) is 17.2. The molecule has 0 N–H and O–H groups in total. The second-order valence-corrected chi connectivity index (χ2v) is 7.08. The second-order valence-electron chi connectivity index (χ2n) is 7.08. The van der Waals surface area contributed by atoms with Crippen molar-refractivity contribution in [1.29, 1.82) is 0 Å². The average Bonchev–Trinajstić information content (AvgIpc) is 2.80. The Kier molecular flexibility index (Phi) is 6.29. The number of benzene rings is 4. The van der Waals surface area contributed by atoms with E-state index in [9.17, 15) is 4.79 Å². The molecular weight excluding hydrogens is 388 g/mol. The molecule has 0 unspecified atom stereocenters. The number of carbonyl (C=O) groups excluding carboxylic acids is 1. The lowest BCUT2D eigenvalue weighted by atomic mass is 10.2. The van der Waals surface area contributed by atoms with Gasteiger partial charge >= 0.3 is 5.97 Å². The van der Waals surface area contributed by atoms with Gasteiger partial charge in [-0.1, -0.05) is 54.1 Å². The Hall–Kier alpha value is -4.05. The van der Waals surface area contributed by atoms with Crippen LogP contribution in [-0.4, -0.2) is 5.97 Å². The quantitative estimate of drug-likeness (QED) is 0.310. The van der Waals surface area contributed by atoms with Crippen molar-refractivity contribution in [3.8, 4) is 23.0 Å². The van der Waals surface area contributed by atoms with Crippen LogP contribution in [-0.2, 0) is 11.3 Å². The van der Waals surface area contributed by atoms with Crippen molar-refractivity contribution in [3.63, 3.8) is 0 Å². The van der Waals surface area contributed by atoms with Crippen LogP contribution in [0, 0.1) is 6.92 Å². The Bertz CT molecular complexity index is 1130. The molecule has 0 heterocycles.